The molecular formula is C14H19N5O. The molecule has 2 heterocycles. The lowest BCUT2D eigenvalue weighted by atomic mass is 10.2. The van der Waals surface area contributed by atoms with Crippen molar-refractivity contribution in [1.29, 1.82) is 0 Å². The van der Waals surface area contributed by atoms with E-state index >= 15 is 0 Å². The molecule has 0 saturated carbocycles. The number of urea groups is 1. The SMILES string of the molecule is CN1CCCN(C(=O)Nc2cccc3cn[nH]c23)CC1. The van der Waals surface area contributed by atoms with Gasteiger partial charge in [0, 0.05) is 25.0 Å². The van der Waals surface area contributed by atoms with Gasteiger partial charge in [-0.2, -0.15) is 5.10 Å². The number of aromatic amines is 1. The zero-order valence-corrected chi connectivity index (χ0v) is 11.6. The van der Waals surface area contributed by atoms with Crippen molar-refractivity contribution < 1.29 is 4.79 Å². The number of hydrogen-bond acceptors (Lipinski definition) is 3. The molecule has 3 rings (SSSR count). The molecule has 0 atom stereocenters. The summed E-state index contributed by atoms with van der Waals surface area (Å²) < 4.78 is 0. The number of rotatable bonds is 1. The summed E-state index contributed by atoms with van der Waals surface area (Å²) in [7, 11) is 2.09. The van der Waals surface area contributed by atoms with Gasteiger partial charge in [-0.05, 0) is 26.1 Å². The number of benzene rings is 1. The third-order valence-electron chi connectivity index (χ3n) is 3.72. The molecule has 2 N–H and O–H groups in total. The molecule has 1 saturated heterocycles. The van der Waals surface area contributed by atoms with Crippen LogP contribution in [0.5, 0.6) is 0 Å². The van der Waals surface area contributed by atoms with Crippen molar-refractivity contribution in [3.8, 4) is 0 Å². The quantitative estimate of drug-likeness (QED) is 0.831. The van der Waals surface area contributed by atoms with Crippen molar-refractivity contribution in [3.05, 3.63) is 24.4 Å². The van der Waals surface area contributed by atoms with Crippen molar-refractivity contribution in [2.45, 2.75) is 6.42 Å². The molecule has 106 valence electrons. The van der Waals surface area contributed by atoms with E-state index in [4.69, 9.17) is 0 Å². The lowest BCUT2D eigenvalue weighted by Crippen LogP contribution is -2.37. The summed E-state index contributed by atoms with van der Waals surface area (Å²) in [6, 6.07) is 5.74. The summed E-state index contributed by atoms with van der Waals surface area (Å²) in [5, 5.41) is 10.9. The van der Waals surface area contributed by atoms with Gasteiger partial charge in [0.05, 0.1) is 17.4 Å². The molecule has 1 fully saturated rings. The predicted octanol–water partition coefficient (Wildman–Crippen LogP) is 1.73. The van der Waals surface area contributed by atoms with E-state index in [9.17, 15) is 4.79 Å². The highest BCUT2D eigenvalue weighted by Crippen LogP contribution is 2.20. The maximum Gasteiger partial charge on any atom is 0.321 e. The Labute approximate surface area is 117 Å². The number of carbonyl (C=O) groups is 1. The average molecular weight is 273 g/mol. The predicted molar refractivity (Wildman–Crippen MR) is 78.8 cm³/mol. The van der Waals surface area contributed by atoms with Crippen LogP contribution >= 0.6 is 0 Å². The van der Waals surface area contributed by atoms with E-state index in [1.54, 1.807) is 6.20 Å². The van der Waals surface area contributed by atoms with Crippen LogP contribution in [-0.4, -0.2) is 59.3 Å². The van der Waals surface area contributed by atoms with E-state index < -0.39 is 0 Å². The summed E-state index contributed by atoms with van der Waals surface area (Å²) in [4.78, 5) is 16.5. The molecule has 0 aliphatic carbocycles. The third-order valence-corrected chi connectivity index (χ3v) is 3.72. The van der Waals surface area contributed by atoms with Crippen molar-refractivity contribution in [1.82, 2.24) is 20.0 Å². The highest BCUT2D eigenvalue weighted by Gasteiger charge is 2.18. The van der Waals surface area contributed by atoms with Gasteiger partial charge in [0.2, 0.25) is 0 Å². The fraction of sp³-hybridized carbons (Fsp3) is 0.429. The van der Waals surface area contributed by atoms with Crippen molar-refractivity contribution >= 4 is 22.6 Å². The van der Waals surface area contributed by atoms with E-state index in [0.717, 1.165) is 49.2 Å². The van der Waals surface area contributed by atoms with Gasteiger partial charge in [0.1, 0.15) is 0 Å². The lowest BCUT2D eigenvalue weighted by molar-refractivity contribution is 0.213. The van der Waals surface area contributed by atoms with Gasteiger partial charge in [-0.15, -0.1) is 0 Å². The fourth-order valence-electron chi connectivity index (χ4n) is 2.52. The average Bonchev–Trinajstić information content (AvgIpc) is 2.82. The van der Waals surface area contributed by atoms with Gasteiger partial charge in [-0.25, -0.2) is 4.79 Å². The zero-order chi connectivity index (χ0) is 13.9. The van der Waals surface area contributed by atoms with Crippen LogP contribution < -0.4 is 5.32 Å². The summed E-state index contributed by atoms with van der Waals surface area (Å²) in [5.74, 6) is 0. The molecule has 2 amide bonds. The minimum atomic E-state index is -0.0394. The molecule has 1 aromatic carbocycles. The minimum Gasteiger partial charge on any atom is -0.323 e. The lowest BCUT2D eigenvalue weighted by Gasteiger charge is -2.21. The van der Waals surface area contributed by atoms with E-state index in [0.29, 0.717) is 0 Å². The second kappa shape index (κ2) is 5.50. The molecule has 1 aliphatic rings. The Morgan fingerprint density at radius 3 is 3.10 bits per heavy atom. The van der Waals surface area contributed by atoms with Crippen LogP contribution in [0.3, 0.4) is 0 Å². The van der Waals surface area contributed by atoms with Gasteiger partial charge in [0.15, 0.2) is 0 Å². The number of aromatic nitrogens is 2. The summed E-state index contributed by atoms with van der Waals surface area (Å²) in [5.41, 5.74) is 1.65. The van der Waals surface area contributed by atoms with Gasteiger partial charge >= 0.3 is 6.03 Å². The largest absolute Gasteiger partial charge is 0.323 e. The zero-order valence-electron chi connectivity index (χ0n) is 11.6. The second-order valence-corrected chi connectivity index (χ2v) is 5.21. The first kappa shape index (κ1) is 12.9. The number of anilines is 1. The summed E-state index contributed by atoms with van der Waals surface area (Å²) >= 11 is 0. The maximum atomic E-state index is 12.4. The number of nitrogens with zero attached hydrogens (tertiary/aromatic N) is 3. The molecule has 0 radical (unpaired) electrons. The molecule has 6 heteroatoms. The van der Waals surface area contributed by atoms with Crippen molar-refractivity contribution in [2.75, 3.05) is 38.5 Å². The number of carbonyl (C=O) groups excluding carboxylic acids is 1. The number of H-pyrrole nitrogens is 1. The van der Waals surface area contributed by atoms with Crippen LogP contribution in [0, 0.1) is 0 Å². The van der Waals surface area contributed by atoms with E-state index in [1.165, 1.54) is 0 Å². The molecule has 20 heavy (non-hydrogen) atoms. The molecule has 1 aromatic heterocycles. The van der Waals surface area contributed by atoms with Crippen LogP contribution in [0.25, 0.3) is 10.9 Å². The second-order valence-electron chi connectivity index (χ2n) is 5.21. The minimum absolute atomic E-state index is 0.0394. The first-order valence-corrected chi connectivity index (χ1v) is 6.90. The number of para-hydroxylation sites is 1. The summed E-state index contributed by atoms with van der Waals surface area (Å²) in [6.45, 7) is 3.53. The Morgan fingerprint density at radius 2 is 2.20 bits per heavy atom. The molecule has 0 spiro atoms. The van der Waals surface area contributed by atoms with Crippen LogP contribution in [-0.2, 0) is 0 Å². The Hall–Kier alpha value is -2.08. The number of fused-ring (bicyclic) bond motifs is 1. The smallest absolute Gasteiger partial charge is 0.321 e. The number of hydrogen-bond donors (Lipinski definition) is 2. The van der Waals surface area contributed by atoms with Gasteiger partial charge in [-0.1, -0.05) is 12.1 Å². The van der Waals surface area contributed by atoms with Gasteiger partial charge < -0.3 is 15.1 Å². The molecule has 1 aliphatic heterocycles. The highest BCUT2D eigenvalue weighted by atomic mass is 16.2. The Balaban J connectivity index is 1.73. The molecular weight excluding hydrogens is 254 g/mol. The van der Waals surface area contributed by atoms with E-state index in [2.05, 4.69) is 27.5 Å². The number of nitrogens with one attached hydrogen (secondary N) is 2. The third kappa shape index (κ3) is 2.60. The van der Waals surface area contributed by atoms with Crippen LogP contribution in [0.15, 0.2) is 24.4 Å². The van der Waals surface area contributed by atoms with Crippen LogP contribution in [0.1, 0.15) is 6.42 Å². The Bertz CT molecular complexity index is 608. The normalized spacial score (nSPS) is 17.1. The number of likely N-dealkylation sites (N-methyl/N-ethyl adjacent to an activating group) is 1. The van der Waals surface area contributed by atoms with E-state index in [-0.39, 0.29) is 6.03 Å². The Kier molecular flexibility index (Phi) is 3.56. The summed E-state index contributed by atoms with van der Waals surface area (Å²) in [6.07, 6.45) is 2.77. The standard InChI is InChI=1S/C14H19N5O/c1-18-6-3-7-19(9-8-18)14(20)16-12-5-2-4-11-10-15-17-13(11)12/h2,4-5,10H,3,6-9H2,1H3,(H,15,17)(H,16,20). The maximum absolute atomic E-state index is 12.4. The highest BCUT2D eigenvalue weighted by molar-refractivity contribution is 5.99. The van der Waals surface area contributed by atoms with E-state index in [1.807, 2.05) is 23.1 Å². The molecule has 0 unspecified atom stereocenters. The number of amides is 2. The molecule has 0 bridgehead atoms. The Morgan fingerprint density at radius 1 is 1.30 bits per heavy atom. The van der Waals surface area contributed by atoms with Crippen LogP contribution in [0.2, 0.25) is 0 Å². The molecule has 6 nitrogen and oxygen atoms in total. The van der Waals surface area contributed by atoms with Gasteiger partial charge in [-0.3, -0.25) is 5.10 Å². The first-order valence-electron chi connectivity index (χ1n) is 6.90. The topological polar surface area (TPSA) is 64.3 Å². The fourth-order valence-corrected chi connectivity index (χ4v) is 2.52. The first-order chi connectivity index (χ1) is 9.74. The van der Waals surface area contributed by atoms with Crippen LogP contribution in [0.4, 0.5) is 10.5 Å². The van der Waals surface area contributed by atoms with Gasteiger partial charge in [0.25, 0.3) is 0 Å². The monoisotopic (exact) mass is 273 g/mol. The molecule has 2 aromatic rings. The van der Waals surface area contributed by atoms with Crippen molar-refractivity contribution in [3.63, 3.8) is 0 Å². The van der Waals surface area contributed by atoms with Crippen molar-refractivity contribution in [2.24, 2.45) is 0 Å².